The van der Waals surface area contributed by atoms with Crippen LogP contribution in [-0.4, -0.2) is 38.8 Å². The molecule has 7 heteroatoms. The highest BCUT2D eigenvalue weighted by Crippen LogP contribution is 2.25. The standard InChI is InChI=1S/C18H22Cl2N2O3/c1-11(18(23)22-15-9-13(19)5-6-14(15)20)21-10-12-4-7-16(24-2)17(8-12)25-3/h4-9,11-12,16,21H,10H2,1-3H3,(H,22,23)/t11-,12?,16?/m1/s1. The summed E-state index contributed by atoms with van der Waals surface area (Å²) >= 11 is 12.0. The van der Waals surface area contributed by atoms with Crippen LogP contribution in [0.4, 0.5) is 5.69 Å². The van der Waals surface area contributed by atoms with Gasteiger partial charge in [0.05, 0.1) is 23.9 Å². The number of hydrogen-bond acceptors (Lipinski definition) is 4. The van der Waals surface area contributed by atoms with Crippen LogP contribution in [0.15, 0.2) is 42.2 Å². The number of halogens is 2. The van der Waals surface area contributed by atoms with Crippen molar-refractivity contribution in [1.82, 2.24) is 5.32 Å². The molecule has 5 nitrogen and oxygen atoms in total. The van der Waals surface area contributed by atoms with Crippen molar-refractivity contribution in [2.75, 3.05) is 26.1 Å². The predicted octanol–water partition coefficient (Wildman–Crippen LogP) is 3.64. The van der Waals surface area contributed by atoms with Crippen molar-refractivity contribution < 1.29 is 14.3 Å². The number of hydrogen-bond donors (Lipinski definition) is 2. The highest BCUT2D eigenvalue weighted by molar-refractivity contribution is 6.35. The molecule has 1 amide bonds. The number of nitrogens with one attached hydrogen (secondary N) is 2. The summed E-state index contributed by atoms with van der Waals surface area (Å²) in [7, 11) is 3.25. The van der Waals surface area contributed by atoms with Crippen LogP contribution in [0.5, 0.6) is 0 Å². The Morgan fingerprint density at radius 3 is 2.72 bits per heavy atom. The van der Waals surface area contributed by atoms with E-state index in [-0.39, 0.29) is 17.9 Å². The summed E-state index contributed by atoms with van der Waals surface area (Å²) in [5.74, 6) is 0.695. The Balaban J connectivity index is 1.89. The smallest absolute Gasteiger partial charge is 0.241 e. The van der Waals surface area contributed by atoms with E-state index in [2.05, 4.69) is 10.6 Å². The lowest BCUT2D eigenvalue weighted by molar-refractivity contribution is -0.117. The van der Waals surface area contributed by atoms with Gasteiger partial charge in [0.15, 0.2) is 0 Å². The van der Waals surface area contributed by atoms with Crippen molar-refractivity contribution in [2.45, 2.75) is 19.1 Å². The minimum absolute atomic E-state index is 0.117. The number of benzene rings is 1. The first-order valence-corrected chi connectivity index (χ1v) is 8.66. The van der Waals surface area contributed by atoms with Crippen molar-refractivity contribution in [1.29, 1.82) is 0 Å². The predicted molar refractivity (Wildman–Crippen MR) is 101 cm³/mol. The van der Waals surface area contributed by atoms with Gasteiger partial charge in [-0.2, -0.15) is 0 Å². The first-order valence-electron chi connectivity index (χ1n) is 7.90. The average molecular weight is 385 g/mol. The van der Waals surface area contributed by atoms with Crippen molar-refractivity contribution >= 4 is 34.8 Å². The second kappa shape index (κ2) is 9.25. The van der Waals surface area contributed by atoms with Gasteiger partial charge >= 0.3 is 0 Å². The number of carbonyl (C=O) groups is 1. The fraction of sp³-hybridized carbons (Fsp3) is 0.389. The molecule has 0 saturated carbocycles. The van der Waals surface area contributed by atoms with Crippen molar-refractivity contribution in [3.05, 3.63) is 52.2 Å². The third-order valence-electron chi connectivity index (χ3n) is 3.92. The summed E-state index contributed by atoms with van der Waals surface area (Å²) in [4.78, 5) is 12.3. The fourth-order valence-electron chi connectivity index (χ4n) is 2.45. The minimum atomic E-state index is -0.400. The minimum Gasteiger partial charge on any atom is -0.498 e. The van der Waals surface area contributed by atoms with Gasteiger partial charge in [-0.05, 0) is 31.2 Å². The van der Waals surface area contributed by atoms with Crippen LogP contribution in [0, 0.1) is 5.92 Å². The highest BCUT2D eigenvalue weighted by Gasteiger charge is 2.20. The summed E-state index contributed by atoms with van der Waals surface area (Å²) in [6.07, 6.45) is 5.80. The summed E-state index contributed by atoms with van der Waals surface area (Å²) in [5, 5.41) is 6.94. The van der Waals surface area contributed by atoms with Crippen molar-refractivity contribution in [3.8, 4) is 0 Å². The van der Waals surface area contributed by atoms with E-state index in [0.29, 0.717) is 22.3 Å². The van der Waals surface area contributed by atoms with Crippen molar-refractivity contribution in [3.63, 3.8) is 0 Å². The van der Waals surface area contributed by atoms with E-state index < -0.39 is 6.04 Å². The Kier molecular flexibility index (Phi) is 7.32. The zero-order chi connectivity index (χ0) is 18.4. The maximum absolute atomic E-state index is 12.3. The van der Waals surface area contributed by atoms with Gasteiger partial charge in [-0.15, -0.1) is 0 Å². The van der Waals surface area contributed by atoms with E-state index in [9.17, 15) is 4.79 Å². The number of amides is 1. The van der Waals surface area contributed by atoms with Gasteiger partial charge in [0.2, 0.25) is 5.91 Å². The van der Waals surface area contributed by atoms with E-state index in [1.54, 1.807) is 39.3 Å². The van der Waals surface area contributed by atoms with Crippen LogP contribution in [-0.2, 0) is 14.3 Å². The molecule has 2 rings (SSSR count). The molecule has 25 heavy (non-hydrogen) atoms. The summed E-state index contributed by atoms with van der Waals surface area (Å²) < 4.78 is 10.6. The van der Waals surface area contributed by atoms with Crippen LogP contribution in [0.1, 0.15) is 6.92 Å². The summed E-state index contributed by atoms with van der Waals surface area (Å²) in [6, 6.07) is 4.54. The quantitative estimate of drug-likeness (QED) is 0.704. The Morgan fingerprint density at radius 1 is 1.28 bits per heavy atom. The molecule has 0 bridgehead atoms. The molecule has 0 spiro atoms. The molecule has 3 atom stereocenters. The van der Waals surface area contributed by atoms with Gasteiger partial charge < -0.3 is 20.1 Å². The van der Waals surface area contributed by atoms with E-state index in [0.717, 1.165) is 5.76 Å². The zero-order valence-corrected chi connectivity index (χ0v) is 15.9. The molecule has 1 aliphatic carbocycles. The summed E-state index contributed by atoms with van der Waals surface area (Å²) in [5.41, 5.74) is 0.495. The van der Waals surface area contributed by atoms with Gasteiger partial charge in [0.1, 0.15) is 11.9 Å². The van der Waals surface area contributed by atoms with Gasteiger partial charge in [0, 0.05) is 24.6 Å². The monoisotopic (exact) mass is 384 g/mol. The van der Waals surface area contributed by atoms with Crippen LogP contribution in [0.3, 0.4) is 0 Å². The van der Waals surface area contributed by atoms with Crippen molar-refractivity contribution in [2.24, 2.45) is 5.92 Å². The Bertz CT molecular complexity index is 676. The van der Waals surface area contributed by atoms with Gasteiger partial charge in [-0.25, -0.2) is 0 Å². The lowest BCUT2D eigenvalue weighted by atomic mass is 10.00. The number of carbonyl (C=O) groups excluding carboxylic acids is 1. The molecule has 1 aliphatic rings. The molecule has 0 aromatic heterocycles. The molecular formula is C18H22Cl2N2O3. The lowest BCUT2D eigenvalue weighted by Gasteiger charge is -2.23. The SMILES string of the molecule is COC1=CC(CN[C@H](C)C(=O)Nc2cc(Cl)ccc2Cl)C=CC1OC. The Morgan fingerprint density at radius 2 is 2.04 bits per heavy atom. The van der Waals surface area contributed by atoms with Crippen LogP contribution >= 0.6 is 23.2 Å². The molecule has 0 heterocycles. The largest absolute Gasteiger partial charge is 0.498 e. The number of methoxy groups -OCH3 is 2. The van der Waals surface area contributed by atoms with Crippen LogP contribution < -0.4 is 10.6 Å². The Hall–Kier alpha value is -1.53. The fourth-order valence-corrected chi connectivity index (χ4v) is 2.78. The van der Waals surface area contributed by atoms with E-state index in [1.807, 2.05) is 18.2 Å². The van der Waals surface area contributed by atoms with Gasteiger partial charge in [-0.3, -0.25) is 4.79 Å². The molecule has 1 aromatic carbocycles. The molecule has 1 aromatic rings. The summed E-state index contributed by atoms with van der Waals surface area (Å²) in [6.45, 7) is 2.39. The van der Waals surface area contributed by atoms with Gasteiger partial charge in [-0.1, -0.05) is 35.4 Å². The number of anilines is 1. The second-order valence-electron chi connectivity index (χ2n) is 5.72. The Labute approximate surface area is 158 Å². The first-order chi connectivity index (χ1) is 11.9. The maximum atomic E-state index is 12.3. The lowest BCUT2D eigenvalue weighted by Crippen LogP contribution is -2.40. The molecule has 136 valence electrons. The second-order valence-corrected chi connectivity index (χ2v) is 6.57. The number of rotatable bonds is 7. The molecule has 0 radical (unpaired) electrons. The topological polar surface area (TPSA) is 59.6 Å². The third kappa shape index (κ3) is 5.47. The van der Waals surface area contributed by atoms with Crippen LogP contribution in [0.2, 0.25) is 10.0 Å². The van der Waals surface area contributed by atoms with E-state index in [1.165, 1.54) is 0 Å². The average Bonchev–Trinajstić information content (AvgIpc) is 2.62. The third-order valence-corrected chi connectivity index (χ3v) is 4.49. The molecule has 0 saturated heterocycles. The van der Waals surface area contributed by atoms with E-state index >= 15 is 0 Å². The normalized spacial score (nSPS) is 20.8. The molecule has 0 fully saturated rings. The highest BCUT2D eigenvalue weighted by atomic mass is 35.5. The van der Waals surface area contributed by atoms with Crippen LogP contribution in [0.25, 0.3) is 0 Å². The first kappa shape index (κ1) is 19.8. The maximum Gasteiger partial charge on any atom is 0.241 e. The van der Waals surface area contributed by atoms with E-state index in [4.69, 9.17) is 32.7 Å². The molecule has 2 unspecified atom stereocenters. The van der Waals surface area contributed by atoms with Gasteiger partial charge in [0.25, 0.3) is 0 Å². The molecule has 2 N–H and O–H groups in total. The zero-order valence-electron chi connectivity index (χ0n) is 14.4. The molecule has 0 aliphatic heterocycles. The molecular weight excluding hydrogens is 363 g/mol. The number of ether oxygens (including phenoxy) is 2.